The van der Waals surface area contributed by atoms with Gasteiger partial charge in [0.25, 0.3) is 0 Å². The van der Waals surface area contributed by atoms with Gasteiger partial charge in [0.15, 0.2) is 0 Å². The summed E-state index contributed by atoms with van der Waals surface area (Å²) in [6, 6.07) is 0. The highest BCUT2D eigenvalue weighted by molar-refractivity contribution is 5.92. The molecule has 0 aliphatic heterocycles. The van der Waals surface area contributed by atoms with Crippen LogP contribution in [0.3, 0.4) is 0 Å². The molecule has 0 N–H and O–H groups in total. The normalized spacial score (nSPS) is 15.4. The Morgan fingerprint density at radius 3 is 2.33 bits per heavy atom. The summed E-state index contributed by atoms with van der Waals surface area (Å²) >= 11 is 0. The van der Waals surface area contributed by atoms with E-state index in [1.54, 1.807) is 13.8 Å². The Morgan fingerprint density at radius 2 is 2.08 bits per heavy atom. The van der Waals surface area contributed by atoms with Crippen LogP contribution in [0.15, 0.2) is 0 Å². The third kappa shape index (κ3) is 2.06. The van der Waals surface area contributed by atoms with Crippen LogP contribution in [-0.4, -0.2) is 18.9 Å². The summed E-state index contributed by atoms with van der Waals surface area (Å²) in [7, 11) is 0. The third-order valence-corrected chi connectivity index (χ3v) is 2.16. The number of carbonyl (C=O) groups is 2. The molecule has 70 valence electrons. The first kappa shape index (κ1) is 11.1. The summed E-state index contributed by atoms with van der Waals surface area (Å²) in [5, 5.41) is 0. The second kappa shape index (κ2) is 4.24. The number of carbonyl (C=O) groups excluding carboxylic acids is 2. The zero-order chi connectivity index (χ0) is 9.78. The predicted octanol–water partition coefficient (Wildman–Crippen LogP) is 1.41. The van der Waals surface area contributed by atoms with Crippen LogP contribution in [0.4, 0.5) is 0 Å². The fraction of sp³-hybridized carbons (Fsp3) is 0.778. The largest absolute Gasteiger partial charge is 0.465 e. The van der Waals surface area contributed by atoms with Gasteiger partial charge >= 0.3 is 5.97 Å². The average molecular weight is 172 g/mol. The van der Waals surface area contributed by atoms with E-state index < -0.39 is 11.4 Å². The van der Waals surface area contributed by atoms with Gasteiger partial charge in [-0.05, 0) is 19.8 Å². The summed E-state index contributed by atoms with van der Waals surface area (Å²) in [5.74, 6) is -0.468. The smallest absolute Gasteiger partial charge is 0.319 e. The van der Waals surface area contributed by atoms with E-state index in [2.05, 4.69) is 0 Å². The lowest BCUT2D eigenvalue weighted by atomic mass is 9.81. The molecule has 12 heavy (non-hydrogen) atoms. The van der Waals surface area contributed by atoms with E-state index in [9.17, 15) is 9.59 Å². The fourth-order valence-corrected chi connectivity index (χ4v) is 0.706. The Labute approximate surface area is 73.1 Å². The predicted molar refractivity (Wildman–Crippen MR) is 45.6 cm³/mol. The molecule has 0 radical (unpaired) electrons. The topological polar surface area (TPSA) is 43.4 Å². The van der Waals surface area contributed by atoms with Crippen molar-refractivity contribution < 1.29 is 14.3 Å². The van der Waals surface area contributed by atoms with Crippen molar-refractivity contribution >= 4 is 12.3 Å². The van der Waals surface area contributed by atoms with Gasteiger partial charge in [0.05, 0.1) is 6.61 Å². The lowest BCUT2D eigenvalue weighted by molar-refractivity contribution is -0.158. The molecule has 0 fully saturated rings. The van der Waals surface area contributed by atoms with Gasteiger partial charge in [-0.3, -0.25) is 4.79 Å². The number of hydrogen-bond donors (Lipinski definition) is 0. The average Bonchev–Trinajstić information content (AvgIpc) is 2.03. The van der Waals surface area contributed by atoms with E-state index in [-0.39, 0.29) is 5.92 Å². The number of esters is 1. The molecule has 0 spiro atoms. The monoisotopic (exact) mass is 172 g/mol. The van der Waals surface area contributed by atoms with Crippen LogP contribution in [-0.2, 0) is 14.3 Å². The molecule has 0 aromatic rings. The molecule has 0 heterocycles. The lowest BCUT2D eigenvalue weighted by Crippen LogP contribution is -2.36. The van der Waals surface area contributed by atoms with E-state index >= 15 is 0 Å². The first-order valence-corrected chi connectivity index (χ1v) is 4.12. The molecule has 0 rings (SSSR count). The second-order valence-electron chi connectivity index (χ2n) is 3.28. The molecule has 0 bridgehead atoms. The Morgan fingerprint density at radius 1 is 1.58 bits per heavy atom. The molecule has 3 nitrogen and oxygen atoms in total. The van der Waals surface area contributed by atoms with Gasteiger partial charge in [-0.25, -0.2) is 0 Å². The van der Waals surface area contributed by atoms with Crippen molar-refractivity contribution in [2.75, 3.05) is 6.61 Å². The zero-order valence-corrected chi connectivity index (χ0v) is 8.09. The third-order valence-electron chi connectivity index (χ3n) is 2.16. The van der Waals surface area contributed by atoms with Crippen LogP contribution in [0.2, 0.25) is 0 Å². The SMILES string of the molecule is CCOC(=O)[C@@](C)(C=O)C(C)C. The van der Waals surface area contributed by atoms with E-state index in [4.69, 9.17) is 4.74 Å². The summed E-state index contributed by atoms with van der Waals surface area (Å²) in [6.07, 6.45) is 0.662. The Bertz CT molecular complexity index is 175. The quantitative estimate of drug-likeness (QED) is 0.366. The van der Waals surface area contributed by atoms with Crippen molar-refractivity contribution in [2.24, 2.45) is 11.3 Å². The van der Waals surface area contributed by atoms with Crippen LogP contribution in [0.25, 0.3) is 0 Å². The first-order chi connectivity index (χ1) is 5.49. The van der Waals surface area contributed by atoms with Gasteiger partial charge < -0.3 is 9.53 Å². The van der Waals surface area contributed by atoms with E-state index in [1.807, 2.05) is 13.8 Å². The van der Waals surface area contributed by atoms with Crippen molar-refractivity contribution in [3.63, 3.8) is 0 Å². The van der Waals surface area contributed by atoms with Crippen molar-refractivity contribution in [2.45, 2.75) is 27.7 Å². The molecule has 0 aromatic carbocycles. The minimum atomic E-state index is -0.990. The summed E-state index contributed by atoms with van der Waals surface area (Å²) in [4.78, 5) is 22.0. The van der Waals surface area contributed by atoms with Crippen molar-refractivity contribution in [1.82, 2.24) is 0 Å². The maximum atomic E-state index is 11.3. The van der Waals surface area contributed by atoms with E-state index in [1.165, 1.54) is 0 Å². The van der Waals surface area contributed by atoms with Crippen LogP contribution >= 0.6 is 0 Å². The van der Waals surface area contributed by atoms with Crippen LogP contribution in [0, 0.1) is 11.3 Å². The van der Waals surface area contributed by atoms with Gasteiger partial charge in [-0.15, -0.1) is 0 Å². The summed E-state index contributed by atoms with van der Waals surface area (Å²) in [5.41, 5.74) is -0.990. The highest BCUT2D eigenvalue weighted by atomic mass is 16.5. The van der Waals surface area contributed by atoms with Gasteiger partial charge in [-0.1, -0.05) is 13.8 Å². The van der Waals surface area contributed by atoms with E-state index in [0.29, 0.717) is 12.9 Å². The number of aldehydes is 1. The summed E-state index contributed by atoms with van der Waals surface area (Å²) in [6.45, 7) is 7.29. The molecule has 1 atom stereocenters. The van der Waals surface area contributed by atoms with Gasteiger partial charge in [0, 0.05) is 0 Å². The molecular formula is C9H16O3. The van der Waals surface area contributed by atoms with Gasteiger partial charge in [0.2, 0.25) is 0 Å². The van der Waals surface area contributed by atoms with Crippen LogP contribution in [0.1, 0.15) is 27.7 Å². The molecule has 0 saturated carbocycles. The standard InChI is InChI=1S/C9H16O3/c1-5-12-8(11)9(4,6-10)7(2)3/h6-7H,5H2,1-4H3/t9-/m0/s1. The van der Waals surface area contributed by atoms with E-state index in [0.717, 1.165) is 0 Å². The number of ether oxygens (including phenoxy) is 1. The van der Waals surface area contributed by atoms with Crippen molar-refractivity contribution in [3.8, 4) is 0 Å². The molecule has 3 heteroatoms. The molecular weight excluding hydrogens is 156 g/mol. The molecule has 0 aliphatic rings. The second-order valence-corrected chi connectivity index (χ2v) is 3.28. The number of hydrogen-bond acceptors (Lipinski definition) is 3. The molecule has 0 aromatic heterocycles. The van der Waals surface area contributed by atoms with Crippen LogP contribution < -0.4 is 0 Å². The highest BCUT2D eigenvalue weighted by Crippen LogP contribution is 2.25. The lowest BCUT2D eigenvalue weighted by Gasteiger charge is -2.24. The maximum absolute atomic E-state index is 11.3. The molecule has 0 amide bonds. The molecule has 0 unspecified atom stereocenters. The number of rotatable bonds is 4. The van der Waals surface area contributed by atoms with Gasteiger partial charge in [-0.2, -0.15) is 0 Å². The Balaban J connectivity index is 4.51. The zero-order valence-electron chi connectivity index (χ0n) is 8.09. The van der Waals surface area contributed by atoms with Crippen molar-refractivity contribution in [3.05, 3.63) is 0 Å². The summed E-state index contributed by atoms with van der Waals surface area (Å²) < 4.78 is 4.79. The molecule has 0 aliphatic carbocycles. The molecule has 0 saturated heterocycles. The van der Waals surface area contributed by atoms with Gasteiger partial charge in [0.1, 0.15) is 11.7 Å². The maximum Gasteiger partial charge on any atom is 0.319 e. The van der Waals surface area contributed by atoms with Crippen molar-refractivity contribution in [1.29, 1.82) is 0 Å². The Hall–Kier alpha value is -0.860. The van der Waals surface area contributed by atoms with Crippen LogP contribution in [0.5, 0.6) is 0 Å². The Kier molecular flexibility index (Phi) is 3.93. The fourth-order valence-electron chi connectivity index (χ4n) is 0.706. The first-order valence-electron chi connectivity index (χ1n) is 4.12. The highest BCUT2D eigenvalue weighted by Gasteiger charge is 2.37. The minimum absolute atomic E-state index is 0.0333. The minimum Gasteiger partial charge on any atom is -0.465 e.